The van der Waals surface area contributed by atoms with Crippen molar-refractivity contribution in [2.45, 2.75) is 39.3 Å². The summed E-state index contributed by atoms with van der Waals surface area (Å²) in [6.07, 6.45) is 1.42. The van der Waals surface area contributed by atoms with E-state index in [1.165, 1.54) is 0 Å². The highest BCUT2D eigenvalue weighted by molar-refractivity contribution is 6.28. The van der Waals surface area contributed by atoms with Gasteiger partial charge in [-0.25, -0.2) is 14.2 Å². The highest BCUT2D eigenvalue weighted by Crippen LogP contribution is 2.26. The van der Waals surface area contributed by atoms with Crippen LogP contribution in [0.15, 0.2) is 24.4 Å². The first-order valence-electron chi connectivity index (χ1n) is 8.26. The van der Waals surface area contributed by atoms with E-state index in [1.54, 1.807) is 4.90 Å². The number of anilines is 2. The summed E-state index contributed by atoms with van der Waals surface area (Å²) in [5.41, 5.74) is 2.25. The number of nitrogens with zero attached hydrogens (tertiary/aromatic N) is 3. The molecule has 1 aliphatic heterocycles. The number of rotatable bonds is 2. The van der Waals surface area contributed by atoms with E-state index in [0.29, 0.717) is 18.8 Å². The summed E-state index contributed by atoms with van der Waals surface area (Å²) in [6, 6.07) is 5.68. The third-order valence-corrected chi connectivity index (χ3v) is 4.03. The van der Waals surface area contributed by atoms with Crippen LogP contribution in [0.3, 0.4) is 0 Å². The molecular weight excluding hydrogens is 359 g/mol. The smallest absolute Gasteiger partial charge is 0.410 e. The molecule has 0 atom stereocenters. The van der Waals surface area contributed by atoms with Gasteiger partial charge in [0.05, 0.1) is 6.20 Å². The second-order valence-electron chi connectivity index (χ2n) is 7.10. The van der Waals surface area contributed by atoms with Crippen molar-refractivity contribution < 1.29 is 13.9 Å². The monoisotopic (exact) mass is 378 g/mol. The number of aromatic nitrogens is 2. The summed E-state index contributed by atoms with van der Waals surface area (Å²) >= 11 is 5.72. The number of fused-ring (bicyclic) bond motifs is 1. The van der Waals surface area contributed by atoms with Gasteiger partial charge >= 0.3 is 6.09 Å². The molecular formula is C18H20ClFN4O2. The van der Waals surface area contributed by atoms with Gasteiger partial charge in [0.15, 0.2) is 11.6 Å². The molecule has 1 aromatic carbocycles. The van der Waals surface area contributed by atoms with Crippen molar-refractivity contribution in [2.24, 2.45) is 0 Å². The SMILES string of the molecule is CC(C)(C)OC(=O)N1CCc2ccc(Nc3nc(Cl)ncc3F)cc2C1. The van der Waals surface area contributed by atoms with Gasteiger partial charge in [-0.2, -0.15) is 4.98 Å². The Labute approximate surface area is 156 Å². The summed E-state index contributed by atoms with van der Waals surface area (Å²) in [5.74, 6) is -0.590. The minimum Gasteiger partial charge on any atom is -0.444 e. The zero-order valence-electron chi connectivity index (χ0n) is 14.8. The molecule has 0 unspecified atom stereocenters. The van der Waals surface area contributed by atoms with E-state index in [4.69, 9.17) is 16.3 Å². The first-order valence-corrected chi connectivity index (χ1v) is 8.64. The third-order valence-electron chi connectivity index (χ3n) is 3.85. The van der Waals surface area contributed by atoms with Gasteiger partial charge < -0.3 is 15.0 Å². The molecule has 2 aromatic rings. The fraction of sp³-hybridized carbons (Fsp3) is 0.389. The van der Waals surface area contributed by atoms with Crippen LogP contribution in [0, 0.1) is 5.82 Å². The first kappa shape index (κ1) is 18.4. The van der Waals surface area contributed by atoms with Crippen LogP contribution in [-0.4, -0.2) is 33.1 Å². The number of carbonyl (C=O) groups excluding carboxylic acids is 1. The van der Waals surface area contributed by atoms with E-state index in [2.05, 4.69) is 15.3 Å². The van der Waals surface area contributed by atoms with Gasteiger partial charge in [0.1, 0.15) is 5.60 Å². The highest BCUT2D eigenvalue weighted by atomic mass is 35.5. The van der Waals surface area contributed by atoms with E-state index in [9.17, 15) is 9.18 Å². The van der Waals surface area contributed by atoms with Crippen LogP contribution in [0.4, 0.5) is 20.7 Å². The summed E-state index contributed by atoms with van der Waals surface area (Å²) in [4.78, 5) is 21.4. The van der Waals surface area contributed by atoms with E-state index < -0.39 is 11.4 Å². The van der Waals surface area contributed by atoms with Gasteiger partial charge in [-0.05, 0) is 62.1 Å². The predicted octanol–water partition coefficient (Wildman–Crippen LogP) is 4.31. The minimum absolute atomic E-state index is 0.00441. The average molecular weight is 379 g/mol. The molecule has 138 valence electrons. The van der Waals surface area contributed by atoms with Crippen molar-refractivity contribution in [1.29, 1.82) is 0 Å². The van der Waals surface area contributed by atoms with Crippen LogP contribution < -0.4 is 5.32 Å². The summed E-state index contributed by atoms with van der Waals surface area (Å²) in [7, 11) is 0. The summed E-state index contributed by atoms with van der Waals surface area (Å²) in [6.45, 7) is 6.56. The topological polar surface area (TPSA) is 67.3 Å². The molecule has 0 spiro atoms. The number of hydrogen-bond donors (Lipinski definition) is 1. The molecule has 0 saturated carbocycles. The fourth-order valence-electron chi connectivity index (χ4n) is 2.69. The number of nitrogens with one attached hydrogen (secondary N) is 1. The average Bonchev–Trinajstić information content (AvgIpc) is 2.56. The molecule has 1 aromatic heterocycles. The number of ether oxygens (including phenoxy) is 1. The van der Waals surface area contributed by atoms with Crippen molar-refractivity contribution in [3.05, 3.63) is 46.6 Å². The van der Waals surface area contributed by atoms with Crippen LogP contribution in [0.5, 0.6) is 0 Å². The number of benzene rings is 1. The van der Waals surface area contributed by atoms with Gasteiger partial charge in [-0.15, -0.1) is 0 Å². The van der Waals surface area contributed by atoms with E-state index in [1.807, 2.05) is 39.0 Å². The van der Waals surface area contributed by atoms with E-state index >= 15 is 0 Å². The minimum atomic E-state index is -0.595. The summed E-state index contributed by atoms with van der Waals surface area (Å²) < 4.78 is 19.2. The van der Waals surface area contributed by atoms with Crippen molar-refractivity contribution in [2.75, 3.05) is 11.9 Å². The van der Waals surface area contributed by atoms with Crippen LogP contribution in [-0.2, 0) is 17.7 Å². The van der Waals surface area contributed by atoms with E-state index in [-0.39, 0.29) is 17.2 Å². The van der Waals surface area contributed by atoms with Crippen molar-refractivity contribution in [3.8, 4) is 0 Å². The lowest BCUT2D eigenvalue weighted by Gasteiger charge is -2.31. The maximum Gasteiger partial charge on any atom is 0.410 e. The Bertz CT molecular complexity index is 838. The second kappa shape index (κ2) is 7.07. The molecule has 0 bridgehead atoms. The molecule has 6 nitrogen and oxygen atoms in total. The normalized spacial score (nSPS) is 14.0. The van der Waals surface area contributed by atoms with Gasteiger partial charge in [0, 0.05) is 18.8 Å². The lowest BCUT2D eigenvalue weighted by atomic mass is 9.99. The Kier molecular flexibility index (Phi) is 5.00. The lowest BCUT2D eigenvalue weighted by Crippen LogP contribution is -2.39. The highest BCUT2D eigenvalue weighted by Gasteiger charge is 2.25. The number of hydrogen-bond acceptors (Lipinski definition) is 5. The number of amides is 1. The van der Waals surface area contributed by atoms with Crippen LogP contribution >= 0.6 is 11.6 Å². The third kappa shape index (κ3) is 4.40. The molecule has 1 aliphatic rings. The first-order chi connectivity index (χ1) is 12.2. The summed E-state index contributed by atoms with van der Waals surface area (Å²) in [5, 5.41) is 2.86. The largest absolute Gasteiger partial charge is 0.444 e. The molecule has 26 heavy (non-hydrogen) atoms. The maximum absolute atomic E-state index is 13.8. The number of carbonyl (C=O) groups is 1. The zero-order valence-corrected chi connectivity index (χ0v) is 15.6. The number of halogens is 2. The van der Waals surface area contributed by atoms with Gasteiger partial charge in [-0.3, -0.25) is 0 Å². The standard InChI is InChI=1S/C18H20ClFN4O2/c1-18(2,3)26-17(25)24-7-6-11-4-5-13(8-12(11)10-24)22-15-14(20)9-21-16(19)23-15/h4-5,8-9H,6-7,10H2,1-3H3,(H,21,22,23). The zero-order chi connectivity index (χ0) is 18.9. The van der Waals surface area contributed by atoms with Crippen molar-refractivity contribution in [3.63, 3.8) is 0 Å². The quantitative estimate of drug-likeness (QED) is 0.789. The van der Waals surface area contributed by atoms with Crippen LogP contribution in [0.2, 0.25) is 5.28 Å². The Morgan fingerprint density at radius 3 is 2.85 bits per heavy atom. The molecule has 1 N–H and O–H groups in total. The van der Waals surface area contributed by atoms with Gasteiger partial charge in [0.25, 0.3) is 0 Å². The Balaban J connectivity index is 1.77. The Morgan fingerprint density at radius 1 is 1.35 bits per heavy atom. The van der Waals surface area contributed by atoms with Crippen LogP contribution in [0.1, 0.15) is 31.9 Å². The predicted molar refractivity (Wildman–Crippen MR) is 97.1 cm³/mol. The molecule has 8 heteroatoms. The van der Waals surface area contributed by atoms with Crippen molar-refractivity contribution >= 4 is 29.2 Å². The van der Waals surface area contributed by atoms with Crippen molar-refractivity contribution in [1.82, 2.24) is 14.9 Å². The van der Waals surface area contributed by atoms with Gasteiger partial charge in [0.2, 0.25) is 5.28 Å². The van der Waals surface area contributed by atoms with Crippen LogP contribution in [0.25, 0.3) is 0 Å². The molecule has 3 rings (SSSR count). The maximum atomic E-state index is 13.8. The Hall–Kier alpha value is -2.41. The fourth-order valence-corrected chi connectivity index (χ4v) is 2.82. The molecule has 0 fully saturated rings. The second-order valence-corrected chi connectivity index (χ2v) is 7.43. The van der Waals surface area contributed by atoms with E-state index in [0.717, 1.165) is 23.7 Å². The molecule has 0 saturated heterocycles. The molecule has 0 radical (unpaired) electrons. The molecule has 1 amide bonds. The van der Waals surface area contributed by atoms with Gasteiger partial charge in [-0.1, -0.05) is 6.07 Å². The molecule has 2 heterocycles. The molecule has 0 aliphatic carbocycles. The lowest BCUT2D eigenvalue weighted by molar-refractivity contribution is 0.0224. The Morgan fingerprint density at radius 2 is 2.12 bits per heavy atom.